The van der Waals surface area contributed by atoms with Crippen LogP contribution in [0.15, 0.2) is 24.7 Å². The van der Waals surface area contributed by atoms with Crippen molar-refractivity contribution in [3.63, 3.8) is 0 Å². The molecule has 2 N–H and O–H groups in total. The van der Waals surface area contributed by atoms with Crippen molar-refractivity contribution in [3.05, 3.63) is 36.3 Å². The van der Waals surface area contributed by atoms with Gasteiger partial charge in [0.1, 0.15) is 18.0 Å². The number of aromatic nitrogens is 6. The van der Waals surface area contributed by atoms with Crippen LogP contribution in [0.5, 0.6) is 0 Å². The number of hydrogen-bond acceptors (Lipinski definition) is 5. The van der Waals surface area contributed by atoms with Gasteiger partial charge in [-0.25, -0.2) is 24.0 Å². The van der Waals surface area contributed by atoms with Crippen molar-refractivity contribution in [3.8, 4) is 0 Å². The number of nitrogens with one attached hydrogen (secondary N) is 2. The molecule has 0 radical (unpaired) electrons. The third kappa shape index (κ3) is 2.98. The maximum Gasteiger partial charge on any atom is 0.319 e. The molecule has 3 rings (SSSR count). The molecule has 3 aromatic rings. The highest BCUT2D eigenvalue weighted by Crippen LogP contribution is 2.15. The molecule has 0 bridgehead atoms. The molecule has 23 heavy (non-hydrogen) atoms. The number of carbonyl (C=O) groups is 1. The van der Waals surface area contributed by atoms with Gasteiger partial charge in [0.05, 0.1) is 11.7 Å². The van der Waals surface area contributed by atoms with Crippen molar-refractivity contribution in [2.75, 3.05) is 5.32 Å². The second kappa shape index (κ2) is 6.03. The number of hydrogen-bond donors (Lipinski definition) is 2. The van der Waals surface area contributed by atoms with Crippen LogP contribution in [0.4, 0.5) is 10.5 Å². The number of pyridine rings is 1. The smallest absolute Gasteiger partial charge is 0.319 e. The Labute approximate surface area is 132 Å². The van der Waals surface area contributed by atoms with E-state index >= 15 is 0 Å². The second-order valence-corrected chi connectivity index (χ2v) is 5.10. The maximum atomic E-state index is 12.2. The molecular formula is C14H18N8O. The van der Waals surface area contributed by atoms with Crippen molar-refractivity contribution in [1.29, 1.82) is 0 Å². The maximum absolute atomic E-state index is 12.2. The third-order valence-corrected chi connectivity index (χ3v) is 3.40. The zero-order valence-electron chi connectivity index (χ0n) is 13.2. The van der Waals surface area contributed by atoms with Gasteiger partial charge in [-0.2, -0.15) is 10.2 Å². The zero-order chi connectivity index (χ0) is 16.4. The monoisotopic (exact) mass is 314 g/mol. The molecule has 2 amide bonds. The summed E-state index contributed by atoms with van der Waals surface area (Å²) in [6.07, 6.45) is 3.26. The summed E-state index contributed by atoms with van der Waals surface area (Å²) in [7, 11) is 0. The molecule has 0 aliphatic carbocycles. The molecule has 0 aromatic carbocycles. The topological polar surface area (TPSA) is 102 Å². The van der Waals surface area contributed by atoms with Gasteiger partial charge in [-0.3, -0.25) is 0 Å². The normalized spacial score (nSPS) is 12.3. The van der Waals surface area contributed by atoms with E-state index in [1.54, 1.807) is 34.5 Å². The molecule has 9 heteroatoms. The van der Waals surface area contributed by atoms with Gasteiger partial charge in [0.15, 0.2) is 5.65 Å². The lowest BCUT2D eigenvalue weighted by Gasteiger charge is -2.14. The molecule has 120 valence electrons. The Hall–Kier alpha value is -2.97. The van der Waals surface area contributed by atoms with Gasteiger partial charge in [-0.15, -0.1) is 0 Å². The summed E-state index contributed by atoms with van der Waals surface area (Å²) in [6, 6.07) is 2.98. The second-order valence-electron chi connectivity index (χ2n) is 5.10. The van der Waals surface area contributed by atoms with E-state index in [2.05, 4.69) is 30.8 Å². The van der Waals surface area contributed by atoms with Crippen molar-refractivity contribution < 1.29 is 4.79 Å². The van der Waals surface area contributed by atoms with E-state index in [-0.39, 0.29) is 12.1 Å². The lowest BCUT2D eigenvalue weighted by molar-refractivity contribution is 0.248. The number of anilines is 1. The minimum atomic E-state index is -0.336. The van der Waals surface area contributed by atoms with Crippen LogP contribution in [0, 0.1) is 6.92 Å². The average Bonchev–Trinajstić information content (AvgIpc) is 3.12. The molecule has 0 unspecified atom stereocenters. The van der Waals surface area contributed by atoms with Gasteiger partial charge in [-0.1, -0.05) is 0 Å². The van der Waals surface area contributed by atoms with Crippen molar-refractivity contribution in [2.24, 2.45) is 0 Å². The SMILES string of the molecule is CCn1ncnc1[C@H](C)NC(=O)Nc1cccn2nc(C)nc12. The third-order valence-electron chi connectivity index (χ3n) is 3.40. The Morgan fingerprint density at radius 3 is 3.04 bits per heavy atom. The van der Waals surface area contributed by atoms with Gasteiger partial charge in [0.25, 0.3) is 0 Å². The minimum absolute atomic E-state index is 0.267. The quantitative estimate of drug-likeness (QED) is 0.760. The first kappa shape index (κ1) is 14.9. The van der Waals surface area contributed by atoms with Gasteiger partial charge in [-0.05, 0) is 32.9 Å². The summed E-state index contributed by atoms with van der Waals surface area (Å²) < 4.78 is 3.37. The fourth-order valence-electron chi connectivity index (χ4n) is 2.38. The number of carbonyl (C=O) groups excluding carboxylic acids is 1. The number of nitrogens with zero attached hydrogens (tertiary/aromatic N) is 6. The first-order valence-corrected chi connectivity index (χ1v) is 7.35. The summed E-state index contributed by atoms with van der Waals surface area (Å²) in [4.78, 5) is 20.7. The fraction of sp³-hybridized carbons (Fsp3) is 0.357. The van der Waals surface area contributed by atoms with E-state index < -0.39 is 0 Å². The first-order valence-electron chi connectivity index (χ1n) is 7.35. The van der Waals surface area contributed by atoms with E-state index in [1.807, 2.05) is 13.8 Å². The van der Waals surface area contributed by atoms with E-state index in [9.17, 15) is 4.79 Å². The molecule has 0 saturated carbocycles. The van der Waals surface area contributed by atoms with Gasteiger partial charge in [0, 0.05) is 12.7 Å². The predicted molar refractivity (Wildman–Crippen MR) is 84.0 cm³/mol. The van der Waals surface area contributed by atoms with E-state index in [4.69, 9.17) is 0 Å². The summed E-state index contributed by atoms with van der Waals surface area (Å²) >= 11 is 0. The molecule has 1 atom stereocenters. The van der Waals surface area contributed by atoms with Crippen LogP contribution in [0.2, 0.25) is 0 Å². The summed E-state index contributed by atoms with van der Waals surface area (Å²) in [5.74, 6) is 1.35. The predicted octanol–water partition coefficient (Wildman–Crippen LogP) is 1.53. The summed E-state index contributed by atoms with van der Waals surface area (Å²) in [6.45, 7) is 6.33. The zero-order valence-corrected chi connectivity index (χ0v) is 13.2. The van der Waals surface area contributed by atoms with Crippen molar-refractivity contribution in [1.82, 2.24) is 34.7 Å². The molecule has 3 heterocycles. The highest BCUT2D eigenvalue weighted by Gasteiger charge is 2.16. The Morgan fingerprint density at radius 2 is 2.26 bits per heavy atom. The van der Waals surface area contributed by atoms with Crippen molar-refractivity contribution in [2.45, 2.75) is 33.4 Å². The molecule has 0 spiro atoms. The standard InChI is InChI=1S/C14H18N8O/c1-4-21-12(15-8-16-21)9(2)17-14(23)19-11-6-5-7-22-13(11)18-10(3)20-22/h5-9H,4H2,1-3H3,(H2,17,19,23)/t9-/m0/s1. The van der Waals surface area contributed by atoms with Crippen LogP contribution in [-0.2, 0) is 6.54 Å². The number of amides is 2. The van der Waals surface area contributed by atoms with Crippen molar-refractivity contribution >= 4 is 17.4 Å². The Balaban J connectivity index is 1.74. The van der Waals surface area contributed by atoms with E-state index in [0.717, 1.165) is 0 Å². The molecule has 0 aliphatic heterocycles. The van der Waals surface area contributed by atoms with E-state index in [0.29, 0.717) is 29.5 Å². The Bertz CT molecular complexity index is 836. The van der Waals surface area contributed by atoms with Crippen LogP contribution in [-0.4, -0.2) is 35.4 Å². The summed E-state index contributed by atoms with van der Waals surface area (Å²) in [5, 5.41) is 14.0. The van der Waals surface area contributed by atoms with E-state index in [1.165, 1.54) is 6.33 Å². The van der Waals surface area contributed by atoms with Crippen LogP contribution >= 0.6 is 0 Å². The Kier molecular flexibility index (Phi) is 3.92. The molecule has 0 fully saturated rings. The lowest BCUT2D eigenvalue weighted by atomic mass is 10.3. The Morgan fingerprint density at radius 1 is 1.43 bits per heavy atom. The molecular weight excluding hydrogens is 296 g/mol. The van der Waals surface area contributed by atoms with Crippen LogP contribution < -0.4 is 10.6 Å². The molecule has 0 aliphatic rings. The average molecular weight is 314 g/mol. The highest BCUT2D eigenvalue weighted by molar-refractivity contribution is 5.93. The number of rotatable bonds is 4. The van der Waals surface area contributed by atoms with Crippen LogP contribution in [0.3, 0.4) is 0 Å². The fourth-order valence-corrected chi connectivity index (χ4v) is 2.38. The number of aryl methyl sites for hydroxylation is 2. The highest BCUT2D eigenvalue weighted by atomic mass is 16.2. The van der Waals surface area contributed by atoms with Crippen LogP contribution in [0.1, 0.15) is 31.5 Å². The first-order chi connectivity index (χ1) is 11.1. The van der Waals surface area contributed by atoms with Gasteiger partial charge < -0.3 is 10.6 Å². The molecule has 9 nitrogen and oxygen atoms in total. The number of fused-ring (bicyclic) bond motifs is 1. The van der Waals surface area contributed by atoms with Gasteiger partial charge in [0.2, 0.25) is 0 Å². The largest absolute Gasteiger partial charge is 0.328 e. The van der Waals surface area contributed by atoms with Crippen LogP contribution in [0.25, 0.3) is 5.65 Å². The number of urea groups is 1. The summed E-state index contributed by atoms with van der Waals surface area (Å²) in [5.41, 5.74) is 1.19. The minimum Gasteiger partial charge on any atom is -0.328 e. The van der Waals surface area contributed by atoms with Gasteiger partial charge >= 0.3 is 6.03 Å². The lowest BCUT2D eigenvalue weighted by Crippen LogP contribution is -2.32. The molecule has 3 aromatic heterocycles. The molecule has 0 saturated heterocycles.